The smallest absolute Gasteiger partial charge is 0.137 e. The molecule has 6 heteroatoms. The summed E-state index contributed by atoms with van der Waals surface area (Å²) in [5, 5.41) is 0.192. The van der Waals surface area contributed by atoms with Crippen molar-refractivity contribution in [3.8, 4) is 0 Å². The first kappa shape index (κ1) is 13.8. The van der Waals surface area contributed by atoms with Crippen LogP contribution in [-0.2, 0) is 0 Å². The monoisotopic (exact) mass is 416 g/mol. The molecule has 0 fully saturated rings. The van der Waals surface area contributed by atoms with Crippen LogP contribution in [0, 0.1) is 5.82 Å². The number of benzene rings is 1. The molecular weight excluding hydrogens is 414 g/mol. The lowest BCUT2D eigenvalue weighted by molar-refractivity contribution is 0.618. The highest BCUT2D eigenvalue weighted by Gasteiger charge is 2.19. The van der Waals surface area contributed by atoms with Crippen molar-refractivity contribution in [1.82, 2.24) is 0 Å². The zero-order valence-corrected chi connectivity index (χ0v) is 13.7. The van der Waals surface area contributed by atoms with Crippen LogP contribution in [0.15, 0.2) is 32.5 Å². The summed E-state index contributed by atoms with van der Waals surface area (Å²) < 4.78 is 14.6. The Morgan fingerprint density at radius 3 is 2.59 bits per heavy atom. The number of hydrogen-bond donors (Lipinski definition) is 0. The third kappa shape index (κ3) is 2.87. The van der Waals surface area contributed by atoms with Crippen LogP contribution in [0.4, 0.5) is 4.39 Å². The van der Waals surface area contributed by atoms with Gasteiger partial charge < -0.3 is 0 Å². The number of hydrogen-bond acceptors (Lipinski definition) is 1. The maximum atomic E-state index is 13.4. The van der Waals surface area contributed by atoms with Crippen molar-refractivity contribution in [3.05, 3.63) is 53.8 Å². The highest BCUT2D eigenvalue weighted by Crippen LogP contribution is 2.42. The van der Waals surface area contributed by atoms with E-state index in [1.54, 1.807) is 18.2 Å². The van der Waals surface area contributed by atoms with Gasteiger partial charge in [0.25, 0.3) is 0 Å². The van der Waals surface area contributed by atoms with E-state index in [4.69, 9.17) is 23.2 Å². The molecule has 1 unspecified atom stereocenters. The Labute approximate surface area is 129 Å². The molecule has 0 amide bonds. The summed E-state index contributed by atoms with van der Waals surface area (Å²) in [5.41, 5.74) is 0.692. The maximum Gasteiger partial charge on any atom is 0.137 e. The molecular formula is C11H5Br2Cl2FS. The van der Waals surface area contributed by atoms with Crippen LogP contribution in [-0.4, -0.2) is 0 Å². The van der Waals surface area contributed by atoms with Gasteiger partial charge in [-0.3, -0.25) is 0 Å². The van der Waals surface area contributed by atoms with Gasteiger partial charge in [-0.2, -0.15) is 0 Å². The van der Waals surface area contributed by atoms with Crippen LogP contribution in [0.3, 0.4) is 0 Å². The Morgan fingerprint density at radius 1 is 1.29 bits per heavy atom. The van der Waals surface area contributed by atoms with Crippen molar-refractivity contribution < 1.29 is 4.39 Å². The first-order chi connectivity index (χ1) is 8.00. The van der Waals surface area contributed by atoms with Crippen molar-refractivity contribution in [2.45, 2.75) is 5.38 Å². The van der Waals surface area contributed by atoms with Gasteiger partial charge in [0.2, 0.25) is 0 Å². The van der Waals surface area contributed by atoms with E-state index in [2.05, 4.69) is 31.9 Å². The molecule has 0 radical (unpaired) electrons. The van der Waals surface area contributed by atoms with Crippen LogP contribution in [0.25, 0.3) is 0 Å². The van der Waals surface area contributed by atoms with Crippen molar-refractivity contribution in [1.29, 1.82) is 0 Å². The minimum absolute atomic E-state index is 0.324. The van der Waals surface area contributed by atoms with E-state index < -0.39 is 5.38 Å². The lowest BCUT2D eigenvalue weighted by Gasteiger charge is -2.10. The molecule has 0 bridgehead atoms. The van der Waals surface area contributed by atoms with Gasteiger partial charge >= 0.3 is 0 Å². The fraction of sp³-hybridized carbons (Fsp3) is 0.0909. The van der Waals surface area contributed by atoms with Gasteiger partial charge in [-0.05, 0) is 49.6 Å². The molecule has 0 nitrogen and oxygen atoms in total. The number of alkyl halides is 1. The molecule has 0 aliphatic heterocycles. The van der Waals surface area contributed by atoms with Crippen LogP contribution in [0.5, 0.6) is 0 Å². The molecule has 2 aromatic rings. The van der Waals surface area contributed by atoms with Crippen LogP contribution >= 0.6 is 66.4 Å². The lowest BCUT2D eigenvalue weighted by Crippen LogP contribution is -1.93. The largest absolute Gasteiger partial charge is 0.206 e. The average Bonchev–Trinajstić information content (AvgIpc) is 2.62. The minimum Gasteiger partial charge on any atom is -0.206 e. The highest BCUT2D eigenvalue weighted by molar-refractivity contribution is 9.11. The van der Waals surface area contributed by atoms with Gasteiger partial charge in [-0.25, -0.2) is 4.39 Å². The van der Waals surface area contributed by atoms with Gasteiger partial charge in [-0.15, -0.1) is 22.9 Å². The Morgan fingerprint density at radius 2 is 2.00 bits per heavy atom. The minimum atomic E-state index is -0.422. The van der Waals surface area contributed by atoms with E-state index in [9.17, 15) is 4.39 Å². The van der Waals surface area contributed by atoms with Gasteiger partial charge in [0.05, 0.1) is 18.7 Å². The molecule has 1 aromatic carbocycles. The fourth-order valence-corrected chi connectivity index (χ4v) is 4.10. The number of rotatable bonds is 2. The predicted octanol–water partition coefficient (Wildman–Crippen LogP) is 6.39. The summed E-state index contributed by atoms with van der Waals surface area (Å²) in [5.74, 6) is -0.324. The second-order valence-corrected chi connectivity index (χ2v) is 7.31. The third-order valence-corrected chi connectivity index (χ3v) is 6.14. The molecule has 1 aromatic heterocycles. The summed E-state index contributed by atoms with van der Waals surface area (Å²) in [4.78, 5) is 0.870. The van der Waals surface area contributed by atoms with Crippen molar-refractivity contribution >= 4 is 66.4 Å². The summed E-state index contributed by atoms with van der Waals surface area (Å²) >= 11 is 20.3. The first-order valence-electron chi connectivity index (χ1n) is 4.53. The van der Waals surface area contributed by atoms with E-state index in [-0.39, 0.29) is 5.82 Å². The highest BCUT2D eigenvalue weighted by atomic mass is 79.9. The quantitative estimate of drug-likeness (QED) is 0.495. The van der Waals surface area contributed by atoms with E-state index in [0.717, 1.165) is 8.66 Å². The molecule has 0 saturated heterocycles. The molecule has 0 N–H and O–H groups in total. The molecule has 0 aliphatic carbocycles. The van der Waals surface area contributed by atoms with Crippen LogP contribution in [0.1, 0.15) is 15.8 Å². The second kappa shape index (κ2) is 5.57. The Balaban J connectivity index is 2.43. The molecule has 0 aliphatic rings. The summed E-state index contributed by atoms with van der Waals surface area (Å²) in [6.07, 6.45) is 0. The van der Waals surface area contributed by atoms with Crippen LogP contribution in [0.2, 0.25) is 5.02 Å². The van der Waals surface area contributed by atoms with Gasteiger partial charge in [-0.1, -0.05) is 23.7 Å². The maximum absolute atomic E-state index is 13.4. The fourth-order valence-electron chi connectivity index (χ4n) is 1.36. The molecule has 0 saturated carbocycles. The molecule has 90 valence electrons. The Hall–Kier alpha value is 0.390. The standard InChI is InChI=1S/C11H5Br2Cl2FS/c12-9-5(2-1-3-7(9)16)10(15)8-4-6(14)11(13)17-8/h1-4,10H. The van der Waals surface area contributed by atoms with Crippen molar-refractivity contribution in [2.75, 3.05) is 0 Å². The number of thiophene rings is 1. The molecule has 1 heterocycles. The summed E-state index contributed by atoms with van der Waals surface area (Å²) in [6, 6.07) is 6.58. The molecule has 2 rings (SSSR count). The molecule has 17 heavy (non-hydrogen) atoms. The Kier molecular flexibility index (Phi) is 4.53. The van der Waals surface area contributed by atoms with Gasteiger partial charge in [0.15, 0.2) is 0 Å². The summed E-state index contributed by atoms with van der Waals surface area (Å²) in [7, 11) is 0. The normalized spacial score (nSPS) is 12.8. The lowest BCUT2D eigenvalue weighted by atomic mass is 10.1. The first-order valence-corrected chi connectivity index (χ1v) is 7.75. The molecule has 0 spiro atoms. The Bertz CT molecular complexity index is 537. The predicted molar refractivity (Wildman–Crippen MR) is 78.8 cm³/mol. The number of halogens is 5. The van der Waals surface area contributed by atoms with Gasteiger partial charge in [0, 0.05) is 4.88 Å². The third-order valence-electron chi connectivity index (χ3n) is 2.17. The van der Waals surface area contributed by atoms with E-state index in [1.807, 2.05) is 0 Å². The van der Waals surface area contributed by atoms with E-state index in [1.165, 1.54) is 17.4 Å². The van der Waals surface area contributed by atoms with Crippen molar-refractivity contribution in [3.63, 3.8) is 0 Å². The second-order valence-electron chi connectivity index (χ2n) is 3.28. The van der Waals surface area contributed by atoms with Gasteiger partial charge in [0.1, 0.15) is 5.82 Å². The topological polar surface area (TPSA) is 0 Å². The van der Waals surface area contributed by atoms with E-state index in [0.29, 0.717) is 15.1 Å². The summed E-state index contributed by atoms with van der Waals surface area (Å²) in [6.45, 7) is 0. The average molecular weight is 419 g/mol. The van der Waals surface area contributed by atoms with E-state index >= 15 is 0 Å². The zero-order valence-electron chi connectivity index (χ0n) is 8.18. The SMILES string of the molecule is Fc1cccc(C(Cl)c2cc(Cl)c(Br)s2)c1Br. The zero-order chi connectivity index (χ0) is 12.6. The van der Waals surface area contributed by atoms with Crippen molar-refractivity contribution in [2.24, 2.45) is 0 Å². The van der Waals surface area contributed by atoms with Crippen LogP contribution < -0.4 is 0 Å². The molecule has 1 atom stereocenters.